The van der Waals surface area contributed by atoms with Gasteiger partial charge in [0.1, 0.15) is 6.54 Å². The molecule has 3 aliphatic rings. The minimum atomic E-state index is -3.81. The Morgan fingerprint density at radius 1 is 1.09 bits per heavy atom. The molecule has 5 rings (SSSR count). The molecule has 180 valence electrons. The normalized spacial score (nSPS) is 21.4. The number of nitrogens with zero attached hydrogens (tertiary/aromatic N) is 5. The van der Waals surface area contributed by atoms with Gasteiger partial charge in [-0.1, -0.05) is 59.2 Å². The first-order valence-corrected chi connectivity index (χ1v) is 13.3. The first-order chi connectivity index (χ1) is 16.4. The van der Waals surface area contributed by atoms with Gasteiger partial charge in [-0.05, 0) is 42.0 Å². The van der Waals surface area contributed by atoms with E-state index in [9.17, 15) is 8.42 Å². The highest BCUT2D eigenvalue weighted by atomic mass is 35.5. The van der Waals surface area contributed by atoms with Crippen molar-refractivity contribution in [3.8, 4) is 0 Å². The molecule has 1 aliphatic carbocycles. The summed E-state index contributed by atoms with van der Waals surface area (Å²) >= 11 is 6.13. The predicted octanol–water partition coefficient (Wildman–Crippen LogP) is 2.98. The summed E-state index contributed by atoms with van der Waals surface area (Å²) in [4.78, 5) is 0. The van der Waals surface area contributed by atoms with Crippen LogP contribution in [0.25, 0.3) is 0 Å². The molecule has 10 heteroatoms. The van der Waals surface area contributed by atoms with Crippen LogP contribution < -0.4 is 0 Å². The molecule has 2 aromatic carbocycles. The lowest BCUT2D eigenvalue weighted by Crippen LogP contribution is -2.54. The van der Waals surface area contributed by atoms with Crippen molar-refractivity contribution >= 4 is 34.2 Å². The minimum absolute atomic E-state index is 0.0245. The molecule has 0 spiro atoms. The van der Waals surface area contributed by atoms with Crippen LogP contribution >= 0.6 is 11.6 Å². The van der Waals surface area contributed by atoms with E-state index in [1.807, 2.05) is 42.5 Å². The van der Waals surface area contributed by atoms with Gasteiger partial charge in [-0.25, -0.2) is 0 Å². The zero-order valence-electron chi connectivity index (χ0n) is 19.0. The molecule has 2 fully saturated rings. The molecule has 2 aliphatic heterocycles. The van der Waals surface area contributed by atoms with Gasteiger partial charge in [-0.2, -0.15) is 10.2 Å². The van der Waals surface area contributed by atoms with Crippen LogP contribution in [0.4, 0.5) is 0 Å². The number of morpholine rings is 1. The van der Waals surface area contributed by atoms with Crippen LogP contribution in [0.2, 0.25) is 5.02 Å². The number of hydrogen-bond acceptors (Lipinski definition) is 6. The van der Waals surface area contributed by atoms with Crippen LogP contribution in [0.5, 0.6) is 0 Å². The van der Waals surface area contributed by atoms with Gasteiger partial charge in [-0.15, -0.1) is 12.7 Å². The van der Waals surface area contributed by atoms with Gasteiger partial charge in [0, 0.05) is 22.2 Å². The highest BCUT2D eigenvalue weighted by Crippen LogP contribution is 2.34. The van der Waals surface area contributed by atoms with Gasteiger partial charge in [0.2, 0.25) is 0 Å². The van der Waals surface area contributed by atoms with Gasteiger partial charge in [0.05, 0.1) is 31.4 Å². The average molecular weight is 503 g/mol. The Hall–Kier alpha value is -2.46. The fraction of sp³-hybridized carbons (Fsp3) is 0.417. The lowest BCUT2D eigenvalue weighted by molar-refractivity contribution is -0.616. The first-order valence-electron chi connectivity index (χ1n) is 11.6. The standard InChI is InChI=1S/C24H29ClN5O3S/c1-27(34(31,32)28-13-15-33-16-14-28)30(17-19-7-8-19)29-18-23(20-5-3-2-4-6-20)24(26-29)21-9-11-22(25)12-10-21/h2-6,9-12,19,23H,1,7-8,13-18H2/q+1. The zero-order chi connectivity index (χ0) is 23.7. The Balaban J connectivity index is 1.49. The SMILES string of the molecule is C=[N+](N(CC1CC1)N1CC(c2ccccc2)C(c2ccc(Cl)cc2)=N1)S(=O)(=O)N1CCOCC1. The van der Waals surface area contributed by atoms with Gasteiger partial charge >= 0.3 is 10.2 Å². The monoisotopic (exact) mass is 502 g/mol. The number of rotatable bonds is 8. The number of hydrazine groups is 2. The summed E-state index contributed by atoms with van der Waals surface area (Å²) in [6.07, 6.45) is 2.15. The minimum Gasteiger partial charge on any atom is -0.379 e. The van der Waals surface area contributed by atoms with Gasteiger partial charge in [0.25, 0.3) is 0 Å². The Morgan fingerprint density at radius 3 is 2.41 bits per heavy atom. The summed E-state index contributed by atoms with van der Waals surface area (Å²) in [6.45, 7) is 6.44. The lowest BCUT2D eigenvalue weighted by Gasteiger charge is -2.29. The second kappa shape index (κ2) is 9.65. The van der Waals surface area contributed by atoms with E-state index < -0.39 is 10.2 Å². The maximum Gasteiger partial charge on any atom is 0.470 e. The van der Waals surface area contributed by atoms with Crippen molar-refractivity contribution in [3.05, 3.63) is 70.7 Å². The molecule has 0 N–H and O–H groups in total. The summed E-state index contributed by atoms with van der Waals surface area (Å²) in [7, 11) is -3.81. The summed E-state index contributed by atoms with van der Waals surface area (Å²) in [6, 6.07) is 17.8. The Morgan fingerprint density at radius 2 is 1.76 bits per heavy atom. The molecular formula is C24H29ClN5O3S+. The Kier molecular flexibility index (Phi) is 6.61. The topological polar surface area (TPSA) is 68.5 Å². The van der Waals surface area contributed by atoms with Crippen LogP contribution in [0.1, 0.15) is 29.9 Å². The van der Waals surface area contributed by atoms with E-state index >= 15 is 0 Å². The van der Waals surface area contributed by atoms with E-state index in [1.165, 1.54) is 4.31 Å². The third kappa shape index (κ3) is 4.84. The number of hydrazone groups is 2. The van der Waals surface area contributed by atoms with Gasteiger partial charge in [0.15, 0.2) is 6.72 Å². The molecule has 8 nitrogen and oxygen atoms in total. The van der Waals surface area contributed by atoms with Crippen molar-refractivity contribution in [2.75, 3.05) is 39.4 Å². The number of ether oxygens (including phenoxy) is 1. The van der Waals surface area contributed by atoms with E-state index in [0.29, 0.717) is 50.3 Å². The van der Waals surface area contributed by atoms with Crippen LogP contribution in [0.3, 0.4) is 0 Å². The van der Waals surface area contributed by atoms with E-state index in [1.54, 1.807) is 10.2 Å². The molecule has 2 aromatic rings. The second-order valence-electron chi connectivity index (χ2n) is 8.85. The highest BCUT2D eigenvalue weighted by molar-refractivity contribution is 7.83. The fourth-order valence-electron chi connectivity index (χ4n) is 4.32. The Bertz CT molecular complexity index is 1160. The summed E-state index contributed by atoms with van der Waals surface area (Å²) < 4.78 is 34.7. The van der Waals surface area contributed by atoms with E-state index in [4.69, 9.17) is 21.4 Å². The molecule has 0 radical (unpaired) electrons. The van der Waals surface area contributed by atoms with Crippen LogP contribution in [0.15, 0.2) is 59.7 Å². The highest BCUT2D eigenvalue weighted by Gasteiger charge is 2.44. The van der Waals surface area contributed by atoms with Crippen molar-refractivity contribution in [3.63, 3.8) is 0 Å². The van der Waals surface area contributed by atoms with Crippen molar-refractivity contribution in [2.24, 2.45) is 11.0 Å². The smallest absolute Gasteiger partial charge is 0.379 e. The number of hydrogen-bond donors (Lipinski definition) is 0. The van der Waals surface area contributed by atoms with Crippen molar-refractivity contribution in [1.82, 2.24) is 14.5 Å². The molecule has 1 atom stereocenters. The third-order valence-corrected chi connectivity index (χ3v) is 8.44. The van der Waals surface area contributed by atoms with Crippen molar-refractivity contribution in [2.45, 2.75) is 18.8 Å². The fourth-order valence-corrected chi connectivity index (χ4v) is 5.71. The molecule has 1 unspecified atom stereocenters. The third-order valence-electron chi connectivity index (χ3n) is 6.45. The lowest BCUT2D eigenvalue weighted by atomic mass is 9.91. The maximum atomic E-state index is 13.4. The summed E-state index contributed by atoms with van der Waals surface area (Å²) in [5.74, 6) is 0.401. The Labute approximate surface area is 205 Å². The van der Waals surface area contributed by atoms with Crippen LogP contribution in [0, 0.1) is 5.92 Å². The summed E-state index contributed by atoms with van der Waals surface area (Å²) in [5.41, 5.74) is 2.95. The predicted molar refractivity (Wildman–Crippen MR) is 132 cm³/mol. The molecule has 1 saturated heterocycles. The largest absolute Gasteiger partial charge is 0.470 e. The molecule has 0 aromatic heterocycles. The summed E-state index contributed by atoms with van der Waals surface area (Å²) in [5, 5.41) is 9.07. The molecule has 0 amide bonds. The molecular weight excluding hydrogens is 474 g/mol. The van der Waals surface area contributed by atoms with Crippen molar-refractivity contribution in [1.29, 1.82) is 0 Å². The average Bonchev–Trinajstić information content (AvgIpc) is 3.59. The van der Waals surface area contributed by atoms with Crippen LogP contribution in [-0.4, -0.2) is 78.9 Å². The molecule has 1 saturated carbocycles. The zero-order valence-corrected chi connectivity index (χ0v) is 20.5. The van der Waals surface area contributed by atoms with E-state index in [0.717, 1.165) is 33.8 Å². The van der Waals surface area contributed by atoms with Gasteiger partial charge < -0.3 is 4.74 Å². The molecule has 34 heavy (non-hydrogen) atoms. The molecule has 0 bridgehead atoms. The number of benzene rings is 2. The van der Waals surface area contributed by atoms with E-state index in [-0.39, 0.29) is 5.92 Å². The van der Waals surface area contributed by atoms with Crippen LogP contribution in [-0.2, 0) is 14.9 Å². The molecule has 2 heterocycles. The number of halogens is 1. The second-order valence-corrected chi connectivity index (χ2v) is 11.1. The quantitative estimate of drug-likeness (QED) is 0.315. The maximum absolute atomic E-state index is 13.4. The van der Waals surface area contributed by atoms with Crippen molar-refractivity contribution < 1.29 is 17.2 Å². The van der Waals surface area contributed by atoms with E-state index in [2.05, 4.69) is 18.9 Å². The first kappa shape index (κ1) is 23.3. The van der Waals surface area contributed by atoms with Gasteiger partial charge in [-0.3, -0.25) is 0 Å².